The molecule has 32 heavy (non-hydrogen) atoms. The molecule has 0 spiro atoms. The van der Waals surface area contributed by atoms with E-state index in [-0.39, 0.29) is 11.7 Å². The van der Waals surface area contributed by atoms with E-state index in [1.807, 2.05) is 43.3 Å². The molecule has 162 valence electrons. The van der Waals surface area contributed by atoms with E-state index < -0.39 is 0 Å². The van der Waals surface area contributed by atoms with Crippen LogP contribution in [0.3, 0.4) is 0 Å². The molecular formula is C25H21FN2O3S. The van der Waals surface area contributed by atoms with E-state index in [9.17, 15) is 9.18 Å². The summed E-state index contributed by atoms with van der Waals surface area (Å²) in [5.74, 6) is 0.626. The molecular weight excluding hydrogens is 427 g/mol. The standard InChI is InChI=1S/C25H21FN2O3S/c1-16-4-3-5-18(12-16)15-31-21-11-6-17(13-22(21)30-2)14-23-24(29)28-25(32-23)27-20-9-7-19(26)8-10-20/h3-14H,15H2,1-2H3,(H,27,28,29)/b23-14+. The van der Waals surface area contributed by atoms with Gasteiger partial charge in [0.2, 0.25) is 0 Å². The summed E-state index contributed by atoms with van der Waals surface area (Å²) in [6, 6.07) is 19.4. The van der Waals surface area contributed by atoms with E-state index in [1.54, 1.807) is 25.3 Å². The first-order valence-corrected chi connectivity index (χ1v) is 10.7. The second-order valence-corrected chi connectivity index (χ2v) is 8.18. The Labute approximate surface area is 190 Å². The highest BCUT2D eigenvalue weighted by molar-refractivity contribution is 8.18. The first-order chi connectivity index (χ1) is 15.5. The predicted molar refractivity (Wildman–Crippen MR) is 126 cm³/mol. The van der Waals surface area contributed by atoms with Crippen molar-refractivity contribution in [2.24, 2.45) is 4.99 Å². The van der Waals surface area contributed by atoms with Gasteiger partial charge in [-0.2, -0.15) is 0 Å². The molecule has 1 aliphatic heterocycles. The molecule has 1 aliphatic rings. The minimum Gasteiger partial charge on any atom is -0.493 e. The van der Waals surface area contributed by atoms with Crippen molar-refractivity contribution in [3.8, 4) is 11.5 Å². The fourth-order valence-electron chi connectivity index (χ4n) is 3.12. The Balaban J connectivity index is 1.48. The van der Waals surface area contributed by atoms with Gasteiger partial charge in [-0.05, 0) is 72.3 Å². The van der Waals surface area contributed by atoms with Crippen LogP contribution in [0.4, 0.5) is 10.1 Å². The van der Waals surface area contributed by atoms with Crippen molar-refractivity contribution in [1.29, 1.82) is 0 Å². The van der Waals surface area contributed by atoms with Crippen molar-refractivity contribution in [2.75, 3.05) is 7.11 Å². The number of benzene rings is 3. The third-order valence-electron chi connectivity index (χ3n) is 4.67. The molecule has 0 aromatic heterocycles. The Kier molecular flexibility index (Phi) is 6.56. The Hall–Kier alpha value is -3.58. The zero-order valence-corrected chi connectivity index (χ0v) is 18.4. The molecule has 0 bridgehead atoms. The number of methoxy groups -OCH3 is 1. The number of amidine groups is 1. The Morgan fingerprint density at radius 1 is 1.06 bits per heavy atom. The topological polar surface area (TPSA) is 59.9 Å². The summed E-state index contributed by atoms with van der Waals surface area (Å²) in [7, 11) is 1.58. The number of rotatable bonds is 6. The van der Waals surface area contributed by atoms with E-state index in [4.69, 9.17) is 9.47 Å². The maximum atomic E-state index is 13.1. The van der Waals surface area contributed by atoms with Gasteiger partial charge < -0.3 is 14.8 Å². The van der Waals surface area contributed by atoms with Crippen LogP contribution in [0.1, 0.15) is 16.7 Å². The van der Waals surface area contributed by atoms with Crippen molar-refractivity contribution in [1.82, 2.24) is 5.32 Å². The van der Waals surface area contributed by atoms with Crippen LogP contribution in [0, 0.1) is 12.7 Å². The summed E-state index contributed by atoms with van der Waals surface area (Å²) in [6.45, 7) is 2.47. The molecule has 1 heterocycles. The van der Waals surface area contributed by atoms with Gasteiger partial charge in [-0.25, -0.2) is 9.38 Å². The number of aryl methyl sites for hydroxylation is 1. The second-order valence-electron chi connectivity index (χ2n) is 7.15. The van der Waals surface area contributed by atoms with Gasteiger partial charge in [0, 0.05) is 0 Å². The molecule has 5 nitrogen and oxygen atoms in total. The van der Waals surface area contributed by atoms with Crippen LogP contribution in [-0.4, -0.2) is 18.2 Å². The fourth-order valence-corrected chi connectivity index (χ4v) is 3.96. The number of nitrogens with zero attached hydrogens (tertiary/aromatic N) is 1. The molecule has 0 saturated carbocycles. The van der Waals surface area contributed by atoms with E-state index in [1.165, 1.54) is 29.5 Å². The van der Waals surface area contributed by atoms with Crippen molar-refractivity contribution in [3.05, 3.63) is 94.1 Å². The summed E-state index contributed by atoms with van der Waals surface area (Å²) >= 11 is 1.22. The average molecular weight is 449 g/mol. The van der Waals surface area contributed by atoms with Crippen molar-refractivity contribution >= 4 is 34.6 Å². The lowest BCUT2D eigenvalue weighted by molar-refractivity contribution is -0.115. The van der Waals surface area contributed by atoms with E-state index in [2.05, 4.69) is 16.4 Å². The normalized spacial score (nSPS) is 15.8. The number of halogens is 1. The average Bonchev–Trinajstić information content (AvgIpc) is 3.12. The zero-order valence-electron chi connectivity index (χ0n) is 17.6. The van der Waals surface area contributed by atoms with Crippen LogP contribution in [-0.2, 0) is 11.4 Å². The van der Waals surface area contributed by atoms with Gasteiger partial charge in [0.1, 0.15) is 12.4 Å². The number of nitrogens with one attached hydrogen (secondary N) is 1. The Morgan fingerprint density at radius 2 is 1.88 bits per heavy atom. The van der Waals surface area contributed by atoms with Crippen LogP contribution in [0.5, 0.6) is 11.5 Å². The number of hydrogen-bond acceptors (Lipinski definition) is 5. The lowest BCUT2D eigenvalue weighted by Crippen LogP contribution is -2.19. The van der Waals surface area contributed by atoms with Gasteiger partial charge in [-0.1, -0.05) is 35.9 Å². The molecule has 3 aromatic rings. The summed E-state index contributed by atoms with van der Waals surface area (Å²) in [6.07, 6.45) is 1.76. The fraction of sp³-hybridized carbons (Fsp3) is 0.120. The first-order valence-electron chi connectivity index (χ1n) is 9.92. The number of carbonyl (C=O) groups excluding carboxylic acids is 1. The van der Waals surface area contributed by atoms with Gasteiger partial charge in [-0.3, -0.25) is 4.79 Å². The maximum Gasteiger partial charge on any atom is 0.264 e. The molecule has 3 aromatic carbocycles. The van der Waals surface area contributed by atoms with E-state index in [0.717, 1.165) is 11.1 Å². The van der Waals surface area contributed by atoms with Crippen LogP contribution in [0.25, 0.3) is 6.08 Å². The molecule has 4 rings (SSSR count). The second kappa shape index (κ2) is 9.70. The van der Waals surface area contributed by atoms with Crippen LogP contribution < -0.4 is 14.8 Å². The van der Waals surface area contributed by atoms with Crippen molar-refractivity contribution in [2.45, 2.75) is 13.5 Å². The summed E-state index contributed by atoms with van der Waals surface area (Å²) in [5.41, 5.74) is 3.61. The highest BCUT2D eigenvalue weighted by Gasteiger charge is 2.24. The van der Waals surface area contributed by atoms with Crippen LogP contribution in [0.2, 0.25) is 0 Å². The van der Waals surface area contributed by atoms with Gasteiger partial charge in [0.15, 0.2) is 16.7 Å². The minimum absolute atomic E-state index is 0.241. The molecule has 0 radical (unpaired) electrons. The quantitative estimate of drug-likeness (QED) is 0.498. The number of carbonyl (C=O) groups is 1. The van der Waals surface area contributed by atoms with Crippen molar-refractivity contribution < 1.29 is 18.7 Å². The Bertz CT molecular complexity index is 1210. The zero-order chi connectivity index (χ0) is 22.5. The number of aliphatic imine (C=N–C) groups is 1. The molecule has 1 N–H and O–H groups in total. The number of hydrogen-bond donors (Lipinski definition) is 1. The summed E-state index contributed by atoms with van der Waals surface area (Å²) in [4.78, 5) is 17.2. The SMILES string of the molecule is COc1cc(/C=C2/SC(=Nc3ccc(F)cc3)NC2=O)ccc1OCc1cccc(C)c1. The third kappa shape index (κ3) is 5.36. The minimum atomic E-state index is -0.335. The van der Waals surface area contributed by atoms with Gasteiger partial charge >= 0.3 is 0 Å². The first kappa shape index (κ1) is 21.6. The molecule has 0 aliphatic carbocycles. The van der Waals surface area contributed by atoms with Crippen molar-refractivity contribution in [3.63, 3.8) is 0 Å². The predicted octanol–water partition coefficient (Wildman–Crippen LogP) is 5.61. The number of amides is 1. The molecule has 7 heteroatoms. The van der Waals surface area contributed by atoms with Gasteiger partial charge in [0.05, 0.1) is 17.7 Å². The third-order valence-corrected chi connectivity index (χ3v) is 5.58. The lowest BCUT2D eigenvalue weighted by atomic mass is 10.1. The van der Waals surface area contributed by atoms with Crippen LogP contribution >= 0.6 is 11.8 Å². The smallest absolute Gasteiger partial charge is 0.264 e. The molecule has 0 atom stereocenters. The monoisotopic (exact) mass is 448 g/mol. The molecule has 1 fully saturated rings. The summed E-state index contributed by atoms with van der Waals surface area (Å²) in [5, 5.41) is 3.17. The highest BCUT2D eigenvalue weighted by atomic mass is 32.2. The highest BCUT2D eigenvalue weighted by Crippen LogP contribution is 2.32. The number of ether oxygens (including phenoxy) is 2. The van der Waals surface area contributed by atoms with E-state index >= 15 is 0 Å². The molecule has 1 amide bonds. The molecule has 1 saturated heterocycles. The largest absolute Gasteiger partial charge is 0.493 e. The lowest BCUT2D eigenvalue weighted by Gasteiger charge is -2.12. The van der Waals surface area contributed by atoms with Gasteiger partial charge in [0.25, 0.3) is 5.91 Å². The Morgan fingerprint density at radius 3 is 2.62 bits per heavy atom. The maximum absolute atomic E-state index is 13.1. The number of thioether (sulfide) groups is 1. The summed E-state index contributed by atoms with van der Waals surface area (Å²) < 4.78 is 24.5. The van der Waals surface area contributed by atoms with E-state index in [0.29, 0.717) is 33.9 Å². The van der Waals surface area contributed by atoms with Gasteiger partial charge in [-0.15, -0.1) is 0 Å². The van der Waals surface area contributed by atoms with Crippen LogP contribution in [0.15, 0.2) is 76.6 Å². The molecule has 0 unspecified atom stereocenters.